The Balaban J connectivity index is 1.79. The first-order chi connectivity index (χ1) is 21.8. The summed E-state index contributed by atoms with van der Waals surface area (Å²) in [5, 5.41) is 17.5. The number of esters is 2. The fraction of sp³-hybridized carbons (Fsp3) is 0.556. The van der Waals surface area contributed by atoms with Gasteiger partial charge < -0.3 is 29.5 Å². The minimum atomic E-state index is -1.46. The number of rotatable bonds is 12. The van der Waals surface area contributed by atoms with E-state index in [2.05, 4.69) is 25.1 Å². The van der Waals surface area contributed by atoms with Crippen molar-refractivity contribution in [2.24, 2.45) is 5.16 Å². The van der Waals surface area contributed by atoms with Crippen LogP contribution in [0, 0.1) is 0 Å². The van der Waals surface area contributed by atoms with Crippen molar-refractivity contribution in [3.05, 3.63) is 17.1 Å². The van der Waals surface area contributed by atoms with Crippen LogP contribution in [-0.4, -0.2) is 108 Å². The molecule has 3 N–H and O–H groups in total. The highest BCUT2D eigenvalue weighted by atomic mass is 32.2. The lowest BCUT2D eigenvalue weighted by Crippen LogP contribution is -2.71. The number of Topliss-reactive ketones (excluding diaryl/α,β-unsaturated/α-hetero) is 1. The molecule has 0 aliphatic carbocycles. The summed E-state index contributed by atoms with van der Waals surface area (Å²) in [6, 6.07) is -1.22. The van der Waals surface area contributed by atoms with Gasteiger partial charge in [-0.2, -0.15) is 9.36 Å². The molecule has 0 aromatic carbocycles. The zero-order chi connectivity index (χ0) is 35.3. The first-order valence-electron chi connectivity index (χ1n) is 13.9. The maximum atomic E-state index is 13.4. The van der Waals surface area contributed by atoms with Crippen molar-refractivity contribution in [1.29, 1.82) is 0 Å². The highest BCUT2D eigenvalue weighted by Crippen LogP contribution is 2.40. The summed E-state index contributed by atoms with van der Waals surface area (Å²) in [5.74, 6) is -5.63. The van der Waals surface area contributed by atoms with Crippen LogP contribution in [0.2, 0.25) is 0 Å². The molecule has 47 heavy (non-hydrogen) atoms. The van der Waals surface area contributed by atoms with Gasteiger partial charge in [-0.05, 0) is 48.5 Å². The number of ketones is 1. The molecule has 3 heterocycles. The van der Waals surface area contributed by atoms with E-state index >= 15 is 0 Å². The summed E-state index contributed by atoms with van der Waals surface area (Å²) >= 11 is 1.78. The molecule has 0 saturated carbocycles. The largest absolute Gasteiger partial charge is 0.477 e. The van der Waals surface area contributed by atoms with Crippen LogP contribution in [-0.2, 0) is 47.8 Å². The van der Waals surface area contributed by atoms with Gasteiger partial charge in [0, 0.05) is 22.9 Å². The fourth-order valence-corrected chi connectivity index (χ4v) is 5.78. The Morgan fingerprint density at radius 3 is 2.30 bits per heavy atom. The summed E-state index contributed by atoms with van der Waals surface area (Å²) in [6.07, 6.45) is -1.32. The number of nitrogens with zero attached hydrogens (tertiary/aromatic N) is 4. The minimum Gasteiger partial charge on any atom is -0.477 e. The van der Waals surface area contributed by atoms with Gasteiger partial charge in [0.1, 0.15) is 47.1 Å². The number of thioether (sulfide) groups is 1. The number of hydrogen-bond donors (Lipinski definition) is 3. The summed E-state index contributed by atoms with van der Waals surface area (Å²) < 4.78 is 19.4. The van der Waals surface area contributed by atoms with E-state index in [1.54, 1.807) is 41.5 Å². The van der Waals surface area contributed by atoms with Gasteiger partial charge in [-0.15, -0.1) is 11.8 Å². The molecule has 2 aliphatic heterocycles. The molecule has 1 aromatic rings. The lowest BCUT2D eigenvalue weighted by atomic mass is 10.0. The van der Waals surface area contributed by atoms with E-state index in [-0.39, 0.29) is 22.3 Å². The molecule has 2 atom stereocenters. The molecule has 18 nitrogen and oxygen atoms in total. The van der Waals surface area contributed by atoms with Crippen molar-refractivity contribution in [1.82, 2.24) is 19.6 Å². The summed E-state index contributed by atoms with van der Waals surface area (Å²) in [6.45, 7) is 9.95. The monoisotopic (exact) mass is 698 g/mol. The molecule has 3 amide bonds. The average Bonchev–Trinajstić information content (AvgIpc) is 3.37. The van der Waals surface area contributed by atoms with Gasteiger partial charge in [-0.25, -0.2) is 14.4 Å². The van der Waals surface area contributed by atoms with Gasteiger partial charge in [-0.1, -0.05) is 5.16 Å². The first kappa shape index (κ1) is 36.9. The number of nitrogens with one attached hydrogen (secondary N) is 2. The molecule has 1 saturated heterocycles. The van der Waals surface area contributed by atoms with Crippen molar-refractivity contribution < 1.29 is 57.7 Å². The van der Waals surface area contributed by atoms with Crippen LogP contribution in [0.25, 0.3) is 0 Å². The second-order valence-electron chi connectivity index (χ2n) is 12.0. The molecule has 1 aromatic heterocycles. The van der Waals surface area contributed by atoms with Crippen molar-refractivity contribution in [3.63, 3.8) is 0 Å². The molecule has 256 valence electrons. The maximum absolute atomic E-state index is 13.4. The van der Waals surface area contributed by atoms with E-state index in [4.69, 9.17) is 19.0 Å². The van der Waals surface area contributed by atoms with Crippen LogP contribution in [0.1, 0.15) is 60.7 Å². The normalized spacial score (nSPS) is 18.0. The predicted octanol–water partition coefficient (Wildman–Crippen LogP) is 1.21. The first-order valence-corrected chi connectivity index (χ1v) is 15.7. The molecule has 2 aliphatic rings. The molecule has 0 unspecified atom stereocenters. The van der Waals surface area contributed by atoms with E-state index < -0.39 is 95.3 Å². The van der Waals surface area contributed by atoms with E-state index in [0.717, 1.165) is 16.7 Å². The molecule has 0 bridgehead atoms. The second-order valence-corrected chi connectivity index (χ2v) is 13.9. The third-order valence-electron chi connectivity index (χ3n) is 5.56. The Bertz CT molecular complexity index is 1520. The number of carboxylic acid groups (broad SMARTS) is 1. The molecule has 3 rings (SSSR count). The second kappa shape index (κ2) is 14.9. The fourth-order valence-electron chi connectivity index (χ4n) is 3.89. The quantitative estimate of drug-likeness (QED) is 0.0694. The number of oxime groups is 1. The van der Waals surface area contributed by atoms with Crippen molar-refractivity contribution in [2.75, 3.05) is 24.3 Å². The number of carbonyl (C=O) groups is 7. The van der Waals surface area contributed by atoms with Crippen LogP contribution in [0.5, 0.6) is 0 Å². The summed E-state index contributed by atoms with van der Waals surface area (Å²) in [7, 11) is 0. The molecule has 0 spiro atoms. The smallest absolute Gasteiger partial charge is 0.414 e. The van der Waals surface area contributed by atoms with Gasteiger partial charge >= 0.3 is 24.0 Å². The number of anilines is 1. The average molecular weight is 699 g/mol. The van der Waals surface area contributed by atoms with Crippen molar-refractivity contribution >= 4 is 75.7 Å². The number of fused-ring (bicyclic) bond motifs is 1. The molecule has 0 radical (unpaired) electrons. The predicted molar refractivity (Wildman–Crippen MR) is 164 cm³/mol. The SMILES string of the molecule is CC(=O)CC(=O)OCC1=C(C(=O)O)N2C(=O)[C@@H](NC(=O)/C(=N\OCC(=O)OC(C)(C)C)c3nsc(NC(=O)OC(C)(C)C)n3)[C@H]2SC1. The van der Waals surface area contributed by atoms with Crippen molar-refractivity contribution in [2.45, 2.75) is 77.5 Å². The lowest BCUT2D eigenvalue weighted by Gasteiger charge is -2.49. The van der Waals surface area contributed by atoms with Gasteiger partial charge in [-0.3, -0.25) is 29.4 Å². The number of hydrogen-bond acceptors (Lipinski definition) is 16. The molecule has 1 fully saturated rings. The number of β-lactam (4-membered cyclic amide) rings is 1. The number of carbonyl (C=O) groups excluding carboxylic acids is 6. The van der Waals surface area contributed by atoms with Crippen molar-refractivity contribution in [3.8, 4) is 0 Å². The van der Waals surface area contributed by atoms with Crippen LogP contribution >= 0.6 is 23.3 Å². The topological polar surface area (TPSA) is 242 Å². The third-order valence-corrected chi connectivity index (χ3v) is 7.53. The third kappa shape index (κ3) is 10.5. The van der Waals surface area contributed by atoms with E-state index in [0.29, 0.717) is 11.5 Å². The van der Waals surface area contributed by atoms with Crippen LogP contribution in [0.15, 0.2) is 16.4 Å². The van der Waals surface area contributed by atoms with Crippen LogP contribution in [0.3, 0.4) is 0 Å². The maximum Gasteiger partial charge on any atom is 0.414 e. The Hall–Kier alpha value is -4.59. The molecular weight excluding hydrogens is 664 g/mol. The highest BCUT2D eigenvalue weighted by Gasteiger charge is 2.54. The Morgan fingerprint density at radius 1 is 1.04 bits per heavy atom. The number of amides is 3. The van der Waals surface area contributed by atoms with Crippen LogP contribution in [0.4, 0.5) is 9.93 Å². The Labute approximate surface area is 276 Å². The van der Waals surface area contributed by atoms with Gasteiger partial charge in [0.05, 0.1) is 0 Å². The number of carboxylic acids is 1. The van der Waals surface area contributed by atoms with Gasteiger partial charge in [0.15, 0.2) is 0 Å². The molecular formula is C27H34N6O12S2. The van der Waals surface area contributed by atoms with E-state index in [1.165, 1.54) is 6.92 Å². The molecule has 20 heteroatoms. The summed E-state index contributed by atoms with van der Waals surface area (Å²) in [4.78, 5) is 95.9. The van der Waals surface area contributed by atoms with E-state index in [9.17, 15) is 38.7 Å². The van der Waals surface area contributed by atoms with Crippen LogP contribution < -0.4 is 10.6 Å². The highest BCUT2D eigenvalue weighted by molar-refractivity contribution is 8.00. The zero-order valence-corrected chi connectivity index (χ0v) is 28.2. The standard InChI is InChI=1S/C27H34N6O12S2/c1-12(34)8-14(35)42-9-13-11-46-22-17(21(38)33(22)18(13)23(39)40)28-20(37)16(31-43-10-15(36)44-26(2,3)4)19-29-24(47-32-19)30-25(41)45-27(5,6)7/h17,22H,8-11H2,1-7H3,(H,28,37)(H,39,40)(H,29,30,32,41)/b31-16-/t17-,22-/m1/s1. The summed E-state index contributed by atoms with van der Waals surface area (Å²) in [5.41, 5.74) is -2.48. The number of aliphatic carboxylic acids is 1. The number of ether oxygens (including phenoxy) is 3. The minimum absolute atomic E-state index is 0.0308. The number of aromatic nitrogens is 2. The Morgan fingerprint density at radius 2 is 1.70 bits per heavy atom. The lowest BCUT2D eigenvalue weighted by molar-refractivity contribution is -0.160. The Kier molecular flexibility index (Phi) is 11.7. The zero-order valence-electron chi connectivity index (χ0n) is 26.5. The van der Waals surface area contributed by atoms with Gasteiger partial charge in [0.25, 0.3) is 11.8 Å². The van der Waals surface area contributed by atoms with E-state index in [1.807, 2.05) is 0 Å². The van der Waals surface area contributed by atoms with Gasteiger partial charge in [0.2, 0.25) is 23.3 Å².